The zero-order chi connectivity index (χ0) is 13.1. The lowest BCUT2D eigenvalue weighted by Gasteiger charge is -2.05. The van der Waals surface area contributed by atoms with E-state index in [-0.39, 0.29) is 0 Å². The summed E-state index contributed by atoms with van der Waals surface area (Å²) in [5.41, 5.74) is 7.50. The van der Waals surface area contributed by atoms with Gasteiger partial charge in [-0.05, 0) is 19.1 Å². The largest absolute Gasteiger partial charge is 0.480 e. The Bertz CT molecular complexity index is 570. The third kappa shape index (κ3) is 2.63. The number of aromatic nitrogens is 2. The van der Waals surface area contributed by atoms with Crippen molar-refractivity contribution in [2.45, 2.75) is 13.0 Å². The average molecular weight is 264 g/mol. The van der Waals surface area contributed by atoms with E-state index in [0.717, 1.165) is 11.4 Å². The summed E-state index contributed by atoms with van der Waals surface area (Å²) in [6.45, 7) is 1.87. The number of anilines is 2. The second-order valence-electron chi connectivity index (χ2n) is 3.65. The van der Waals surface area contributed by atoms with Crippen LogP contribution in [0.1, 0.15) is 17.4 Å². The SMILES string of the molecule is Cc1ncccc1Nc1nc(C(N)C(=O)O)cs1. The van der Waals surface area contributed by atoms with Gasteiger partial charge in [0, 0.05) is 11.6 Å². The number of nitrogens with two attached hydrogens (primary N) is 1. The number of rotatable bonds is 4. The van der Waals surface area contributed by atoms with Gasteiger partial charge in [-0.1, -0.05) is 0 Å². The van der Waals surface area contributed by atoms with E-state index in [4.69, 9.17) is 10.8 Å². The van der Waals surface area contributed by atoms with Gasteiger partial charge in [-0.15, -0.1) is 11.3 Å². The molecule has 0 aliphatic heterocycles. The monoisotopic (exact) mass is 264 g/mol. The van der Waals surface area contributed by atoms with Gasteiger partial charge in [0.15, 0.2) is 5.13 Å². The molecule has 0 bridgehead atoms. The first-order valence-corrected chi connectivity index (χ1v) is 6.08. The number of aliphatic carboxylic acids is 1. The summed E-state index contributed by atoms with van der Waals surface area (Å²) >= 11 is 1.31. The zero-order valence-corrected chi connectivity index (χ0v) is 10.4. The predicted molar refractivity (Wildman–Crippen MR) is 68.9 cm³/mol. The smallest absolute Gasteiger partial charge is 0.326 e. The molecular formula is C11H12N4O2S. The first kappa shape index (κ1) is 12.5. The minimum absolute atomic E-state index is 0.344. The van der Waals surface area contributed by atoms with Gasteiger partial charge >= 0.3 is 5.97 Å². The number of pyridine rings is 1. The van der Waals surface area contributed by atoms with Crippen LogP contribution in [0, 0.1) is 6.92 Å². The van der Waals surface area contributed by atoms with Crippen LogP contribution in [-0.2, 0) is 4.79 Å². The molecule has 0 amide bonds. The molecule has 0 radical (unpaired) electrons. The van der Waals surface area contributed by atoms with Crippen LogP contribution in [0.5, 0.6) is 0 Å². The van der Waals surface area contributed by atoms with Gasteiger partial charge in [0.25, 0.3) is 0 Å². The maximum atomic E-state index is 10.7. The Morgan fingerprint density at radius 3 is 3.06 bits per heavy atom. The normalized spacial score (nSPS) is 12.1. The minimum Gasteiger partial charge on any atom is -0.480 e. The van der Waals surface area contributed by atoms with E-state index in [2.05, 4.69) is 15.3 Å². The van der Waals surface area contributed by atoms with Crippen molar-refractivity contribution in [2.24, 2.45) is 5.73 Å². The van der Waals surface area contributed by atoms with E-state index in [1.807, 2.05) is 19.1 Å². The number of thiazole rings is 1. The molecule has 2 rings (SSSR count). The molecule has 0 saturated heterocycles. The minimum atomic E-state index is -1.09. The summed E-state index contributed by atoms with van der Waals surface area (Å²) in [7, 11) is 0. The van der Waals surface area contributed by atoms with Gasteiger partial charge < -0.3 is 16.2 Å². The Hall–Kier alpha value is -1.99. The number of aryl methyl sites for hydroxylation is 1. The highest BCUT2D eigenvalue weighted by atomic mass is 32.1. The fourth-order valence-corrected chi connectivity index (χ4v) is 2.10. The van der Waals surface area contributed by atoms with E-state index >= 15 is 0 Å². The fourth-order valence-electron chi connectivity index (χ4n) is 1.34. The van der Waals surface area contributed by atoms with Crippen LogP contribution < -0.4 is 11.1 Å². The van der Waals surface area contributed by atoms with Crippen LogP contribution in [0.3, 0.4) is 0 Å². The topological polar surface area (TPSA) is 101 Å². The zero-order valence-electron chi connectivity index (χ0n) is 9.62. The highest BCUT2D eigenvalue weighted by Crippen LogP contribution is 2.24. The van der Waals surface area contributed by atoms with Gasteiger partial charge in [-0.2, -0.15) is 0 Å². The van der Waals surface area contributed by atoms with Crippen LogP contribution in [0.25, 0.3) is 0 Å². The molecule has 0 aromatic carbocycles. The van der Waals surface area contributed by atoms with Crippen molar-refractivity contribution in [3.63, 3.8) is 0 Å². The third-order valence-electron chi connectivity index (χ3n) is 2.36. The lowest BCUT2D eigenvalue weighted by atomic mass is 10.2. The van der Waals surface area contributed by atoms with Crippen molar-refractivity contribution < 1.29 is 9.90 Å². The molecule has 18 heavy (non-hydrogen) atoms. The van der Waals surface area contributed by atoms with Crippen molar-refractivity contribution in [3.8, 4) is 0 Å². The van der Waals surface area contributed by atoms with Gasteiger partial charge in [-0.25, -0.2) is 4.98 Å². The predicted octanol–water partition coefficient (Wildman–Crippen LogP) is 1.67. The number of hydrogen-bond acceptors (Lipinski definition) is 6. The van der Waals surface area contributed by atoms with Crippen LogP contribution in [0.4, 0.5) is 10.8 Å². The number of hydrogen-bond donors (Lipinski definition) is 3. The molecule has 94 valence electrons. The van der Waals surface area contributed by atoms with Crippen molar-refractivity contribution in [2.75, 3.05) is 5.32 Å². The molecule has 2 aromatic rings. The van der Waals surface area contributed by atoms with Gasteiger partial charge in [0.1, 0.15) is 6.04 Å². The summed E-state index contributed by atoms with van der Waals surface area (Å²) in [5, 5.41) is 14.1. The van der Waals surface area contributed by atoms with E-state index in [1.165, 1.54) is 11.3 Å². The molecule has 4 N–H and O–H groups in total. The summed E-state index contributed by atoms with van der Waals surface area (Å²) in [4.78, 5) is 19.0. The van der Waals surface area contributed by atoms with Crippen LogP contribution in [0.2, 0.25) is 0 Å². The Morgan fingerprint density at radius 1 is 1.61 bits per heavy atom. The molecular weight excluding hydrogens is 252 g/mol. The Kier molecular flexibility index (Phi) is 3.54. The van der Waals surface area contributed by atoms with Crippen molar-refractivity contribution in [3.05, 3.63) is 35.1 Å². The van der Waals surface area contributed by atoms with Crippen molar-refractivity contribution >= 4 is 28.1 Å². The fraction of sp³-hybridized carbons (Fsp3) is 0.182. The lowest BCUT2D eigenvalue weighted by Crippen LogP contribution is -2.20. The number of nitrogens with zero attached hydrogens (tertiary/aromatic N) is 2. The molecule has 0 aliphatic carbocycles. The quantitative estimate of drug-likeness (QED) is 0.776. The number of carbonyl (C=O) groups is 1. The maximum absolute atomic E-state index is 10.7. The molecule has 0 fully saturated rings. The van der Waals surface area contributed by atoms with E-state index in [9.17, 15) is 4.79 Å². The standard InChI is InChI=1S/C11H12N4O2S/c1-6-7(3-2-4-13-6)14-11-15-8(5-18-11)9(12)10(16)17/h2-5,9H,12H2,1H3,(H,14,15)(H,16,17). The molecule has 1 unspecified atom stereocenters. The summed E-state index contributed by atoms with van der Waals surface area (Å²) in [6, 6.07) is 2.60. The number of nitrogens with one attached hydrogen (secondary N) is 1. The van der Waals surface area contributed by atoms with Crippen molar-refractivity contribution in [1.82, 2.24) is 9.97 Å². The molecule has 0 aliphatic rings. The van der Waals surface area contributed by atoms with Gasteiger partial charge in [0.05, 0.1) is 17.1 Å². The van der Waals surface area contributed by atoms with E-state index < -0.39 is 12.0 Å². The Labute approximate surface area is 108 Å². The van der Waals surface area contributed by atoms with Crippen molar-refractivity contribution in [1.29, 1.82) is 0 Å². The van der Waals surface area contributed by atoms with Crippen LogP contribution in [0.15, 0.2) is 23.7 Å². The molecule has 1 atom stereocenters. The number of carboxylic acid groups (broad SMARTS) is 1. The van der Waals surface area contributed by atoms with Crippen LogP contribution >= 0.6 is 11.3 Å². The lowest BCUT2D eigenvalue weighted by molar-refractivity contribution is -0.138. The Morgan fingerprint density at radius 2 is 2.39 bits per heavy atom. The summed E-state index contributed by atoms with van der Waals surface area (Å²) < 4.78 is 0. The molecule has 7 heteroatoms. The maximum Gasteiger partial charge on any atom is 0.326 e. The van der Waals surface area contributed by atoms with E-state index in [0.29, 0.717) is 10.8 Å². The second-order valence-corrected chi connectivity index (χ2v) is 4.51. The average Bonchev–Trinajstić information content (AvgIpc) is 2.79. The molecule has 6 nitrogen and oxygen atoms in total. The highest BCUT2D eigenvalue weighted by molar-refractivity contribution is 7.13. The first-order valence-electron chi connectivity index (χ1n) is 5.20. The third-order valence-corrected chi connectivity index (χ3v) is 3.13. The summed E-state index contributed by atoms with van der Waals surface area (Å²) in [5.74, 6) is -1.09. The molecule has 2 heterocycles. The van der Waals surface area contributed by atoms with Gasteiger partial charge in [0.2, 0.25) is 0 Å². The van der Waals surface area contributed by atoms with Gasteiger partial charge in [-0.3, -0.25) is 9.78 Å². The molecule has 0 saturated carbocycles. The summed E-state index contributed by atoms with van der Waals surface area (Å²) in [6.07, 6.45) is 1.70. The second kappa shape index (κ2) is 5.11. The highest BCUT2D eigenvalue weighted by Gasteiger charge is 2.17. The van der Waals surface area contributed by atoms with Crippen LogP contribution in [-0.4, -0.2) is 21.0 Å². The Balaban J connectivity index is 2.17. The molecule has 2 aromatic heterocycles. The number of carboxylic acids is 1. The first-order chi connectivity index (χ1) is 8.58. The van der Waals surface area contributed by atoms with E-state index in [1.54, 1.807) is 11.6 Å². The molecule has 0 spiro atoms.